The van der Waals surface area contributed by atoms with Crippen LogP contribution in [0.15, 0.2) is 291 Å². The fourth-order valence-electron chi connectivity index (χ4n) is 13.7. The maximum atomic E-state index is 5.86. The van der Waals surface area contributed by atoms with Gasteiger partial charge >= 0.3 is 241 Å². The summed E-state index contributed by atoms with van der Waals surface area (Å²) < 4.78 is 2.61. The Morgan fingerprint density at radius 3 is 0.782 bits per heavy atom. The van der Waals surface area contributed by atoms with Gasteiger partial charge in [0, 0.05) is 0 Å². The first kappa shape index (κ1) is 86.8. The van der Waals surface area contributed by atoms with Crippen LogP contribution in [0.25, 0.3) is 66.8 Å². The first-order chi connectivity index (χ1) is 51.6. The van der Waals surface area contributed by atoms with Crippen LogP contribution in [0.5, 0.6) is 0 Å². The van der Waals surface area contributed by atoms with Crippen LogP contribution in [0.2, 0.25) is 20.1 Å². The van der Waals surface area contributed by atoms with Crippen LogP contribution in [-0.2, 0) is 83.0 Å². The van der Waals surface area contributed by atoms with E-state index in [1.54, 1.807) is 0 Å². The third kappa shape index (κ3) is 22.6. The van der Waals surface area contributed by atoms with E-state index >= 15 is 0 Å². The van der Waals surface area contributed by atoms with Crippen LogP contribution < -0.4 is 24.8 Å². The predicted molar refractivity (Wildman–Crippen MR) is 459 cm³/mol. The molecule has 8 heteroatoms. The molecule has 110 heavy (non-hydrogen) atoms. The van der Waals surface area contributed by atoms with E-state index in [4.69, 9.17) is 46.4 Å². The molecule has 12 aromatic carbocycles. The Bertz CT molecular complexity index is 4580. The van der Waals surface area contributed by atoms with Gasteiger partial charge in [0.2, 0.25) is 0 Å². The Balaban J connectivity index is 0.000000167. The van der Waals surface area contributed by atoms with Gasteiger partial charge in [0.05, 0.1) is 0 Å². The first-order valence-electron chi connectivity index (χ1n) is 37.0. The van der Waals surface area contributed by atoms with Crippen molar-refractivity contribution in [3.05, 3.63) is 402 Å². The van der Waals surface area contributed by atoms with Crippen LogP contribution >= 0.6 is 46.4 Å². The number of hydrogen-bond donors (Lipinski definition) is 0. The molecule has 0 radical (unpaired) electrons. The van der Waals surface area contributed by atoms with E-state index in [-0.39, 0.29) is 46.5 Å². The summed E-state index contributed by atoms with van der Waals surface area (Å²) >= 11 is 26.2. The van der Waals surface area contributed by atoms with Crippen LogP contribution in [0.3, 0.4) is 0 Å². The summed E-state index contributed by atoms with van der Waals surface area (Å²) in [5.74, 6) is 0. The fraction of sp³-hybridized carbons (Fsp3) is 0.196. The smallest absolute Gasteiger partial charge is 0.109 e. The van der Waals surface area contributed by atoms with Crippen molar-refractivity contribution in [3.63, 3.8) is 0 Å². The molecule has 0 spiro atoms. The topological polar surface area (TPSA) is 0 Å². The van der Waals surface area contributed by atoms with Gasteiger partial charge in [0.25, 0.3) is 0 Å². The summed E-state index contributed by atoms with van der Waals surface area (Å²) in [6.07, 6.45) is 21.9. The molecule has 12 aromatic rings. The molecule has 0 saturated carbocycles. The van der Waals surface area contributed by atoms with Gasteiger partial charge in [-0.1, -0.05) is 262 Å². The van der Waals surface area contributed by atoms with Crippen molar-refractivity contribution < 1.29 is 73.3 Å². The quantitative estimate of drug-likeness (QED) is 0.133. The minimum Gasteiger partial charge on any atom is -1.00 e. The molecule has 0 nitrogen and oxygen atoms in total. The first-order valence-corrected chi connectivity index (χ1v) is 41.0. The van der Waals surface area contributed by atoms with E-state index in [2.05, 4.69) is 277 Å². The molecule has 0 atom stereocenters. The molecular formula is C102H92Cl6Zr2-2. The third-order valence-corrected chi connectivity index (χ3v) is 23.2. The molecule has 0 bridgehead atoms. The largest absolute Gasteiger partial charge is 1.00 e. The van der Waals surface area contributed by atoms with Crippen LogP contribution in [0.1, 0.15) is 163 Å². The summed E-state index contributed by atoms with van der Waals surface area (Å²) in [6.45, 7) is 27.8. The summed E-state index contributed by atoms with van der Waals surface area (Å²) in [5, 5.41) is 3.07. The molecule has 0 aliphatic heterocycles. The van der Waals surface area contributed by atoms with Crippen molar-refractivity contribution in [1.82, 2.24) is 0 Å². The normalized spacial score (nSPS) is 12.4. The van der Waals surface area contributed by atoms with E-state index in [0.717, 1.165) is 45.8 Å². The van der Waals surface area contributed by atoms with Gasteiger partial charge in [-0.05, 0) is 79.0 Å². The molecule has 0 heterocycles. The van der Waals surface area contributed by atoms with Crippen LogP contribution in [0, 0.1) is 24.3 Å². The van der Waals surface area contributed by atoms with Gasteiger partial charge in [0.15, 0.2) is 0 Å². The SMILES string of the molecule is CC(C)(C)c1cc2c([c-]c1-c1ccccc1)Cc1cc(-c3ccccc3)c(C(C)(C)C)cc1-2.CC(C)(C)c1cc2c([c-]c1-c1ccccc1)Cc1cc(-c3ccccc3)c(C(C)(C)C)cc1-2.Clc1ccc([C](=[Zr+2])c2ccc(Cl)cc2)cc1.Clc1ccc([C](=[Zr+2])c2ccc(Cl)cc2)cc1.[C-]1=CC=CC1.[C-]1=CC=CC1.[Cl-].[Cl-]. The monoisotopic (exact) mass is 1710 g/mol. The summed E-state index contributed by atoms with van der Waals surface area (Å²) in [5.41, 5.74) is 31.9. The van der Waals surface area contributed by atoms with E-state index in [0.29, 0.717) is 0 Å². The number of benzene rings is 12. The van der Waals surface area contributed by atoms with Gasteiger partial charge in [-0.25, -0.2) is 24.3 Å². The Kier molecular flexibility index (Phi) is 30.8. The Morgan fingerprint density at radius 2 is 0.555 bits per heavy atom. The maximum absolute atomic E-state index is 5.86. The molecule has 4 aliphatic rings. The molecule has 16 rings (SSSR count). The van der Waals surface area contributed by atoms with Crippen molar-refractivity contribution in [3.8, 4) is 66.8 Å². The molecule has 0 unspecified atom stereocenters. The zero-order valence-electron chi connectivity index (χ0n) is 64.8. The average molecular weight is 1710 g/mol. The number of halogens is 6. The van der Waals surface area contributed by atoms with Gasteiger partial charge in [0.1, 0.15) is 0 Å². The Morgan fingerprint density at radius 1 is 0.300 bits per heavy atom. The average Bonchev–Trinajstić information content (AvgIpc) is 1.58. The third-order valence-electron chi connectivity index (χ3n) is 19.3. The molecule has 4 aliphatic carbocycles. The second kappa shape index (κ2) is 39.1. The minimum atomic E-state index is 0. The fourth-order valence-corrected chi connectivity index (χ4v) is 15.8. The minimum absolute atomic E-state index is 0. The van der Waals surface area contributed by atoms with Crippen molar-refractivity contribution in [2.45, 2.75) is 130 Å². The molecule has 0 amide bonds. The summed E-state index contributed by atoms with van der Waals surface area (Å²) in [6, 6.07) is 97.3. The predicted octanol–water partition coefficient (Wildman–Crippen LogP) is 22.8. The van der Waals surface area contributed by atoms with Gasteiger partial charge in [-0.15, -0.1) is 70.5 Å². The Hall–Kier alpha value is -7.15. The van der Waals surface area contributed by atoms with Crippen LogP contribution in [-0.4, -0.2) is 6.41 Å². The van der Waals surface area contributed by atoms with E-state index in [9.17, 15) is 0 Å². The number of fused-ring (bicyclic) bond motifs is 6. The van der Waals surface area contributed by atoms with Crippen molar-refractivity contribution in [1.29, 1.82) is 0 Å². The van der Waals surface area contributed by atoms with E-state index in [1.807, 2.05) is 121 Å². The number of rotatable bonds is 8. The standard InChI is InChI=1S/2C33H33.2C13H8Cl2.2C5H5.2ClH.2Zr/c2*1-32(2,3)30-20-26-24(18-28(30)22-13-9-7-10-14-22)17-25-19-29(23-15-11-8-12-16-23)31(21-27(25)26)33(4,5)6;2*14-12-5-1-10(2-6-12)9-11-3-7-13(15)8-4-11;2*1-2-4-5-3-1;;;;/h2*7-16,18,20-21H,17H2,1-6H3;2*1-8H;2*1-3H,4H2;2*1H;;/q2*-1;;;2*-1;;;2*+2/p-2. The Labute approximate surface area is 718 Å². The molecule has 0 N–H and O–H groups in total. The van der Waals surface area contributed by atoms with Crippen molar-refractivity contribution in [2.75, 3.05) is 0 Å². The zero-order chi connectivity index (χ0) is 76.9. The van der Waals surface area contributed by atoms with Crippen molar-refractivity contribution in [2.24, 2.45) is 0 Å². The van der Waals surface area contributed by atoms with Crippen LogP contribution in [0.4, 0.5) is 0 Å². The summed E-state index contributed by atoms with van der Waals surface area (Å²) in [4.78, 5) is 0. The molecule has 552 valence electrons. The van der Waals surface area contributed by atoms with E-state index < -0.39 is 0 Å². The van der Waals surface area contributed by atoms with E-state index in [1.165, 1.54) is 188 Å². The number of hydrogen-bond acceptors (Lipinski definition) is 0. The van der Waals surface area contributed by atoms with Gasteiger partial charge in [-0.2, -0.15) is 12.2 Å². The zero-order valence-corrected chi connectivity index (χ0v) is 74.3. The van der Waals surface area contributed by atoms with Gasteiger partial charge in [-0.3, -0.25) is 12.2 Å². The molecule has 0 saturated heterocycles. The second-order valence-electron chi connectivity index (χ2n) is 31.6. The van der Waals surface area contributed by atoms with Crippen molar-refractivity contribution >= 4 is 52.8 Å². The molecular weight excluding hydrogens is 1620 g/mol. The molecule has 0 aromatic heterocycles. The second-order valence-corrected chi connectivity index (χ2v) is 35.8. The van der Waals surface area contributed by atoms with Gasteiger partial charge < -0.3 is 24.8 Å². The molecule has 0 fully saturated rings. The maximum Gasteiger partial charge on any atom is -0.109 e. The summed E-state index contributed by atoms with van der Waals surface area (Å²) in [7, 11) is 0. The number of allylic oxidation sites excluding steroid dienone is 8.